The maximum Gasteiger partial charge on any atom is 0.274 e. The van der Waals surface area contributed by atoms with Gasteiger partial charge in [-0.3, -0.25) is 9.79 Å². The Labute approximate surface area is 153 Å². The molecule has 136 valence electrons. The number of aromatic nitrogens is 1. The Morgan fingerprint density at radius 3 is 2.67 bits per heavy atom. The molecule has 0 saturated heterocycles. The number of nitrogens with zero attached hydrogens (tertiary/aromatic N) is 2. The minimum atomic E-state index is -0.832. The van der Waals surface area contributed by atoms with Crippen molar-refractivity contribution in [2.75, 3.05) is 5.73 Å². The van der Waals surface area contributed by atoms with Crippen molar-refractivity contribution in [2.24, 2.45) is 4.99 Å². The van der Waals surface area contributed by atoms with Gasteiger partial charge in [0.25, 0.3) is 5.56 Å². The fourth-order valence-electron chi connectivity index (χ4n) is 2.99. The molecule has 3 aromatic rings. The van der Waals surface area contributed by atoms with Crippen LogP contribution in [-0.4, -0.2) is 10.3 Å². The van der Waals surface area contributed by atoms with Gasteiger partial charge in [-0.15, -0.1) is 0 Å². The number of hydrogen-bond donors (Lipinski definition) is 1. The summed E-state index contributed by atoms with van der Waals surface area (Å²) < 4.78 is 35.6. The molecule has 5 nitrogen and oxygen atoms in total. The third kappa shape index (κ3) is 3.19. The molecule has 2 aromatic carbocycles. The fraction of sp³-hybridized carbons (Fsp3) is 0.100. The number of nitrogen functional groups attached to an aromatic ring is 1. The van der Waals surface area contributed by atoms with E-state index in [4.69, 9.17) is 10.5 Å². The highest BCUT2D eigenvalue weighted by molar-refractivity contribution is 5.95. The van der Waals surface area contributed by atoms with Crippen molar-refractivity contribution in [1.82, 2.24) is 4.57 Å². The molecule has 0 bridgehead atoms. The fourth-order valence-corrected chi connectivity index (χ4v) is 2.99. The van der Waals surface area contributed by atoms with E-state index in [1.807, 2.05) is 0 Å². The van der Waals surface area contributed by atoms with Crippen molar-refractivity contribution in [3.63, 3.8) is 0 Å². The summed E-state index contributed by atoms with van der Waals surface area (Å²) in [5, 5.41) is 0. The van der Waals surface area contributed by atoms with E-state index in [9.17, 15) is 13.6 Å². The first-order valence-corrected chi connectivity index (χ1v) is 8.28. The van der Waals surface area contributed by atoms with Crippen molar-refractivity contribution in [3.8, 4) is 11.5 Å². The highest BCUT2D eigenvalue weighted by atomic mass is 19.1. The first kappa shape index (κ1) is 17.0. The van der Waals surface area contributed by atoms with Gasteiger partial charge in [0.2, 0.25) is 0 Å². The number of aliphatic imine (C=N–C) groups is 1. The molecule has 0 fully saturated rings. The molecule has 0 saturated carbocycles. The summed E-state index contributed by atoms with van der Waals surface area (Å²) in [6.07, 6.45) is 1.73. The van der Waals surface area contributed by atoms with Crippen LogP contribution in [0.4, 0.5) is 20.2 Å². The Bertz CT molecular complexity index is 1110. The molecule has 2 heterocycles. The Morgan fingerprint density at radius 1 is 1.11 bits per heavy atom. The van der Waals surface area contributed by atoms with Gasteiger partial charge in [0.15, 0.2) is 11.6 Å². The summed E-state index contributed by atoms with van der Waals surface area (Å²) in [6, 6.07) is 12.6. The molecule has 0 aliphatic carbocycles. The van der Waals surface area contributed by atoms with Gasteiger partial charge in [0, 0.05) is 30.0 Å². The maximum absolute atomic E-state index is 14.4. The van der Waals surface area contributed by atoms with E-state index in [0.29, 0.717) is 11.5 Å². The number of rotatable bonds is 4. The second kappa shape index (κ2) is 6.68. The Morgan fingerprint density at radius 2 is 1.89 bits per heavy atom. The predicted octanol–water partition coefficient (Wildman–Crippen LogP) is 3.83. The molecule has 1 aromatic heterocycles. The average molecular weight is 367 g/mol. The topological polar surface area (TPSA) is 69.6 Å². The number of pyridine rings is 1. The third-order valence-corrected chi connectivity index (χ3v) is 4.28. The van der Waals surface area contributed by atoms with Crippen LogP contribution in [-0.2, 0) is 13.0 Å². The molecule has 0 radical (unpaired) electrons. The second-order valence-corrected chi connectivity index (χ2v) is 6.16. The van der Waals surface area contributed by atoms with Crippen molar-refractivity contribution >= 4 is 17.1 Å². The number of benzene rings is 2. The quantitative estimate of drug-likeness (QED) is 0.762. The van der Waals surface area contributed by atoms with E-state index in [-0.39, 0.29) is 41.2 Å². The van der Waals surface area contributed by atoms with Gasteiger partial charge in [0.05, 0.1) is 12.2 Å². The number of hydrogen-bond acceptors (Lipinski definition) is 4. The average Bonchev–Trinajstić information content (AvgIpc) is 3.08. The van der Waals surface area contributed by atoms with Crippen molar-refractivity contribution in [2.45, 2.75) is 13.0 Å². The van der Waals surface area contributed by atoms with E-state index in [0.717, 1.165) is 6.07 Å². The van der Waals surface area contributed by atoms with Gasteiger partial charge in [0.1, 0.15) is 17.3 Å². The number of fused-ring (bicyclic) bond motifs is 1. The molecule has 0 unspecified atom stereocenters. The smallest absolute Gasteiger partial charge is 0.274 e. The molecule has 4 rings (SSSR count). The number of para-hydroxylation sites is 1. The van der Waals surface area contributed by atoms with Gasteiger partial charge in [-0.2, -0.15) is 0 Å². The minimum absolute atomic E-state index is 0.110. The largest absolute Gasteiger partial charge is 0.452 e. The summed E-state index contributed by atoms with van der Waals surface area (Å²) in [7, 11) is 0. The van der Waals surface area contributed by atoms with Crippen LogP contribution in [0.25, 0.3) is 0 Å². The number of anilines is 1. The molecular weight excluding hydrogens is 352 g/mol. The first-order valence-electron chi connectivity index (χ1n) is 8.28. The molecule has 1 aliphatic rings. The van der Waals surface area contributed by atoms with Crippen molar-refractivity contribution in [1.29, 1.82) is 0 Å². The van der Waals surface area contributed by atoms with E-state index in [1.165, 1.54) is 10.6 Å². The monoisotopic (exact) mass is 367 g/mol. The summed E-state index contributed by atoms with van der Waals surface area (Å²) in [5.74, 6) is -1.24. The Balaban J connectivity index is 1.71. The number of ether oxygens (including phenoxy) is 1. The molecule has 27 heavy (non-hydrogen) atoms. The van der Waals surface area contributed by atoms with E-state index >= 15 is 0 Å². The van der Waals surface area contributed by atoms with Crippen LogP contribution in [0.3, 0.4) is 0 Å². The summed E-state index contributed by atoms with van der Waals surface area (Å²) in [6.45, 7) is 0.129. The zero-order valence-electron chi connectivity index (χ0n) is 14.2. The van der Waals surface area contributed by atoms with Gasteiger partial charge < -0.3 is 15.0 Å². The highest BCUT2D eigenvalue weighted by Crippen LogP contribution is 2.42. The Kier molecular flexibility index (Phi) is 4.19. The highest BCUT2D eigenvalue weighted by Gasteiger charge is 2.26. The van der Waals surface area contributed by atoms with Crippen LogP contribution in [0.1, 0.15) is 5.56 Å². The van der Waals surface area contributed by atoms with Gasteiger partial charge in [-0.1, -0.05) is 18.2 Å². The third-order valence-electron chi connectivity index (χ3n) is 4.28. The summed E-state index contributed by atoms with van der Waals surface area (Å²) >= 11 is 0. The number of nitrogens with two attached hydrogens (primary N) is 1. The lowest BCUT2D eigenvalue weighted by molar-refractivity contribution is 0.438. The zero-order chi connectivity index (χ0) is 19.0. The molecule has 0 amide bonds. The summed E-state index contributed by atoms with van der Waals surface area (Å²) in [4.78, 5) is 16.4. The van der Waals surface area contributed by atoms with Crippen LogP contribution in [0.2, 0.25) is 0 Å². The van der Waals surface area contributed by atoms with Crippen LogP contribution < -0.4 is 16.0 Å². The lowest BCUT2D eigenvalue weighted by Gasteiger charge is -2.10. The minimum Gasteiger partial charge on any atom is -0.452 e. The van der Waals surface area contributed by atoms with Gasteiger partial charge in [-0.25, -0.2) is 8.78 Å². The van der Waals surface area contributed by atoms with Crippen LogP contribution >= 0.6 is 0 Å². The van der Waals surface area contributed by atoms with E-state index in [2.05, 4.69) is 4.99 Å². The molecule has 2 N–H and O–H groups in total. The van der Waals surface area contributed by atoms with Gasteiger partial charge >= 0.3 is 0 Å². The van der Waals surface area contributed by atoms with E-state index < -0.39 is 11.6 Å². The molecule has 0 atom stereocenters. The predicted molar refractivity (Wildman–Crippen MR) is 98.8 cm³/mol. The molecular formula is C20H15F2N3O2. The standard InChI is InChI=1S/C20H15F2N3O2/c21-15-10-16(22)19(27-13-5-2-1-3-6-13)18-14(15)9-12(24-18)11-25-8-4-7-17(23)20(25)26/h1-8,10H,9,11,23H2. The maximum atomic E-state index is 14.4. The van der Waals surface area contributed by atoms with Crippen LogP contribution in [0, 0.1) is 11.6 Å². The van der Waals surface area contributed by atoms with Crippen molar-refractivity contribution < 1.29 is 13.5 Å². The first-order chi connectivity index (χ1) is 13.0. The molecule has 1 aliphatic heterocycles. The number of halogens is 2. The lowest BCUT2D eigenvalue weighted by atomic mass is 10.1. The summed E-state index contributed by atoms with van der Waals surface area (Å²) in [5.41, 5.74) is 6.26. The van der Waals surface area contributed by atoms with E-state index in [1.54, 1.807) is 42.6 Å². The lowest BCUT2D eigenvalue weighted by Crippen LogP contribution is -2.25. The van der Waals surface area contributed by atoms with Crippen LogP contribution in [0.5, 0.6) is 11.5 Å². The Hall–Kier alpha value is -3.48. The normalized spacial score (nSPS) is 12.6. The second-order valence-electron chi connectivity index (χ2n) is 6.16. The molecule has 7 heteroatoms. The van der Waals surface area contributed by atoms with Crippen molar-refractivity contribution in [3.05, 3.63) is 82.3 Å². The van der Waals surface area contributed by atoms with Gasteiger partial charge in [-0.05, 0) is 24.3 Å². The zero-order valence-corrected chi connectivity index (χ0v) is 14.2. The SMILES string of the molecule is Nc1cccn(CC2=Nc3c(c(F)cc(F)c3Oc3ccccc3)C2)c1=O. The molecule has 0 spiro atoms. The van der Waals surface area contributed by atoms with Crippen LogP contribution in [0.15, 0.2) is 64.5 Å².